The van der Waals surface area contributed by atoms with E-state index in [-0.39, 0.29) is 18.0 Å². The van der Waals surface area contributed by atoms with Crippen molar-refractivity contribution in [2.24, 2.45) is 0 Å². The molecule has 0 radical (unpaired) electrons. The third-order valence-corrected chi connectivity index (χ3v) is 4.60. The number of benzene rings is 1. The molecule has 0 unspecified atom stereocenters. The number of anilines is 1. The molecule has 25 heavy (non-hydrogen) atoms. The van der Waals surface area contributed by atoms with E-state index in [1.807, 2.05) is 31.2 Å². The van der Waals surface area contributed by atoms with Gasteiger partial charge in [-0.3, -0.25) is 4.79 Å². The van der Waals surface area contributed by atoms with Crippen molar-refractivity contribution in [2.75, 3.05) is 19.4 Å². The highest BCUT2D eigenvalue weighted by atomic mass is 16.2. The summed E-state index contributed by atoms with van der Waals surface area (Å²) in [5, 5.41) is 5.95. The van der Waals surface area contributed by atoms with Crippen molar-refractivity contribution in [3.63, 3.8) is 0 Å². The van der Waals surface area contributed by atoms with E-state index in [4.69, 9.17) is 0 Å². The van der Waals surface area contributed by atoms with E-state index in [9.17, 15) is 9.59 Å². The van der Waals surface area contributed by atoms with Crippen LogP contribution in [-0.4, -0.2) is 37.0 Å². The Morgan fingerprint density at radius 3 is 2.64 bits per heavy atom. The van der Waals surface area contributed by atoms with Crippen molar-refractivity contribution in [3.05, 3.63) is 41.5 Å². The zero-order valence-electron chi connectivity index (χ0n) is 15.5. The summed E-state index contributed by atoms with van der Waals surface area (Å²) < 4.78 is 0. The summed E-state index contributed by atoms with van der Waals surface area (Å²) in [6.07, 6.45) is 7.88. The van der Waals surface area contributed by atoms with Gasteiger partial charge in [-0.1, -0.05) is 29.8 Å². The molecular weight excluding hydrogens is 314 g/mol. The molecule has 5 nitrogen and oxygen atoms in total. The van der Waals surface area contributed by atoms with E-state index >= 15 is 0 Å². The van der Waals surface area contributed by atoms with Crippen LogP contribution < -0.4 is 10.6 Å². The number of hydrogen-bond acceptors (Lipinski definition) is 2. The van der Waals surface area contributed by atoms with Gasteiger partial charge in [0.25, 0.3) is 0 Å². The minimum absolute atomic E-state index is 0.0442. The molecule has 0 aromatic heterocycles. The first-order valence-electron chi connectivity index (χ1n) is 9.02. The number of nitrogens with zero attached hydrogens (tertiary/aromatic N) is 1. The van der Waals surface area contributed by atoms with Crippen LogP contribution in [0.3, 0.4) is 0 Å². The Bertz CT molecular complexity index is 638. The van der Waals surface area contributed by atoms with Gasteiger partial charge in [-0.15, -0.1) is 0 Å². The van der Waals surface area contributed by atoms with Gasteiger partial charge < -0.3 is 15.5 Å². The maximum absolute atomic E-state index is 12.3. The van der Waals surface area contributed by atoms with Crippen LogP contribution in [0.2, 0.25) is 0 Å². The number of amides is 3. The highest BCUT2D eigenvalue weighted by Crippen LogP contribution is 2.21. The molecule has 1 aliphatic carbocycles. The molecule has 0 saturated carbocycles. The average Bonchev–Trinajstić information content (AvgIpc) is 2.61. The van der Waals surface area contributed by atoms with Crippen molar-refractivity contribution < 1.29 is 9.59 Å². The van der Waals surface area contributed by atoms with Gasteiger partial charge in [-0.2, -0.15) is 0 Å². The number of urea groups is 1. The van der Waals surface area contributed by atoms with Crippen LogP contribution in [0.15, 0.2) is 35.9 Å². The van der Waals surface area contributed by atoms with E-state index in [0.29, 0.717) is 12.8 Å². The topological polar surface area (TPSA) is 61.4 Å². The second-order valence-corrected chi connectivity index (χ2v) is 6.79. The van der Waals surface area contributed by atoms with Crippen LogP contribution >= 0.6 is 0 Å². The van der Waals surface area contributed by atoms with Gasteiger partial charge in [0.05, 0.1) is 0 Å². The molecule has 2 rings (SSSR count). The lowest BCUT2D eigenvalue weighted by atomic mass is 9.95. The average molecular weight is 343 g/mol. The summed E-state index contributed by atoms with van der Waals surface area (Å²) in [6.45, 7) is 2.03. The summed E-state index contributed by atoms with van der Waals surface area (Å²) in [7, 11) is 3.50. The van der Waals surface area contributed by atoms with Crippen LogP contribution in [-0.2, 0) is 11.2 Å². The summed E-state index contributed by atoms with van der Waals surface area (Å²) in [4.78, 5) is 25.7. The number of nitrogens with one attached hydrogen (secondary N) is 2. The maximum Gasteiger partial charge on any atom is 0.319 e. The molecule has 1 aromatic carbocycles. The Morgan fingerprint density at radius 2 is 1.96 bits per heavy atom. The van der Waals surface area contributed by atoms with Gasteiger partial charge in [-0.05, 0) is 50.7 Å². The molecule has 2 N–H and O–H groups in total. The smallest absolute Gasteiger partial charge is 0.319 e. The lowest BCUT2D eigenvalue weighted by Gasteiger charge is -2.21. The third-order valence-electron chi connectivity index (χ3n) is 4.60. The zero-order valence-corrected chi connectivity index (χ0v) is 15.5. The summed E-state index contributed by atoms with van der Waals surface area (Å²) in [6, 6.07) is 7.48. The largest absolute Gasteiger partial charge is 0.349 e. The highest BCUT2D eigenvalue weighted by molar-refractivity contribution is 5.90. The van der Waals surface area contributed by atoms with Gasteiger partial charge in [0.1, 0.15) is 0 Å². The Labute approximate surface area is 150 Å². The number of para-hydroxylation sites is 1. The Morgan fingerprint density at radius 1 is 1.20 bits per heavy atom. The summed E-state index contributed by atoms with van der Waals surface area (Å²) in [5.74, 6) is 0.0807. The molecule has 3 amide bonds. The number of aryl methyl sites for hydroxylation is 1. The van der Waals surface area contributed by atoms with Crippen LogP contribution in [0.25, 0.3) is 0 Å². The first-order chi connectivity index (χ1) is 12.0. The maximum atomic E-state index is 12.3. The Balaban J connectivity index is 1.93. The molecule has 5 heteroatoms. The minimum atomic E-state index is -0.203. The normalized spacial score (nSPS) is 15.1. The van der Waals surface area contributed by atoms with Gasteiger partial charge in [0.2, 0.25) is 5.91 Å². The van der Waals surface area contributed by atoms with Crippen LogP contribution in [0.5, 0.6) is 0 Å². The summed E-state index contributed by atoms with van der Waals surface area (Å²) >= 11 is 0. The fourth-order valence-electron chi connectivity index (χ4n) is 3.03. The number of carbonyl (C=O) groups is 2. The predicted molar refractivity (Wildman–Crippen MR) is 102 cm³/mol. The molecule has 0 aliphatic heterocycles. The van der Waals surface area contributed by atoms with Crippen LogP contribution in [0.4, 0.5) is 10.5 Å². The molecule has 0 heterocycles. The third kappa shape index (κ3) is 5.93. The van der Waals surface area contributed by atoms with Crippen molar-refractivity contribution in [1.29, 1.82) is 0 Å². The molecule has 1 atom stereocenters. The first-order valence-corrected chi connectivity index (χ1v) is 9.02. The second-order valence-electron chi connectivity index (χ2n) is 6.79. The number of carbonyl (C=O) groups excluding carboxylic acids is 2. The Hall–Kier alpha value is -2.30. The number of hydrogen-bond donors (Lipinski definition) is 2. The van der Waals surface area contributed by atoms with Gasteiger partial charge >= 0.3 is 6.03 Å². The van der Waals surface area contributed by atoms with E-state index in [2.05, 4.69) is 16.7 Å². The fraction of sp³-hybridized carbons (Fsp3) is 0.500. The van der Waals surface area contributed by atoms with Crippen LogP contribution in [0.1, 0.15) is 44.6 Å². The lowest BCUT2D eigenvalue weighted by Crippen LogP contribution is -2.37. The number of allylic oxidation sites excluding steroid dienone is 1. The van der Waals surface area contributed by atoms with Gasteiger partial charge in [0, 0.05) is 32.2 Å². The van der Waals surface area contributed by atoms with E-state index in [0.717, 1.165) is 24.1 Å². The molecule has 0 saturated heterocycles. The second kappa shape index (κ2) is 9.25. The van der Waals surface area contributed by atoms with Gasteiger partial charge in [-0.25, -0.2) is 4.79 Å². The molecule has 136 valence electrons. The number of rotatable bonds is 6. The molecular formula is C20H29N3O2. The minimum Gasteiger partial charge on any atom is -0.349 e. The van der Waals surface area contributed by atoms with E-state index in [1.165, 1.54) is 18.4 Å². The van der Waals surface area contributed by atoms with Crippen molar-refractivity contribution in [2.45, 2.75) is 51.5 Å². The van der Waals surface area contributed by atoms with Crippen molar-refractivity contribution in [3.8, 4) is 0 Å². The van der Waals surface area contributed by atoms with Crippen molar-refractivity contribution >= 4 is 17.6 Å². The fourth-order valence-corrected chi connectivity index (χ4v) is 3.03. The lowest BCUT2D eigenvalue weighted by molar-refractivity contribution is -0.128. The molecule has 0 bridgehead atoms. The van der Waals surface area contributed by atoms with Crippen molar-refractivity contribution in [1.82, 2.24) is 10.2 Å². The summed E-state index contributed by atoms with van der Waals surface area (Å²) in [5.41, 5.74) is 3.04. The van der Waals surface area contributed by atoms with E-state index < -0.39 is 0 Å². The quantitative estimate of drug-likeness (QED) is 0.773. The molecule has 0 spiro atoms. The SMILES string of the molecule is C[C@H](NC(=O)Nc1ccccc1CCC(=O)N(C)C)C1=CCCCC1. The Kier molecular flexibility index (Phi) is 7.04. The zero-order chi connectivity index (χ0) is 18.2. The highest BCUT2D eigenvalue weighted by Gasteiger charge is 2.15. The van der Waals surface area contributed by atoms with E-state index in [1.54, 1.807) is 19.0 Å². The predicted octanol–water partition coefficient (Wildman–Crippen LogP) is 3.72. The molecule has 1 aliphatic rings. The first kappa shape index (κ1) is 19.0. The monoisotopic (exact) mass is 343 g/mol. The van der Waals surface area contributed by atoms with Crippen LogP contribution in [0, 0.1) is 0 Å². The van der Waals surface area contributed by atoms with Gasteiger partial charge in [0.15, 0.2) is 0 Å². The molecule has 0 fully saturated rings. The molecule has 1 aromatic rings. The standard InChI is InChI=1S/C20H29N3O2/c1-15(16-9-5-4-6-10-16)21-20(25)22-18-12-8-7-11-17(18)13-14-19(24)23(2)3/h7-9,11-12,15H,4-6,10,13-14H2,1-3H3,(H2,21,22,25)/t15-/m0/s1.